The van der Waals surface area contributed by atoms with Gasteiger partial charge in [-0.15, -0.1) is 0 Å². The van der Waals surface area contributed by atoms with Gasteiger partial charge in [0.2, 0.25) is 0 Å². The van der Waals surface area contributed by atoms with Crippen molar-refractivity contribution in [1.29, 1.82) is 0 Å². The molecular weight excluding hydrogens is 464 g/mol. The molecule has 0 aromatic carbocycles. The lowest BCUT2D eigenvalue weighted by atomic mass is 9.72. The van der Waals surface area contributed by atoms with Gasteiger partial charge in [-0.05, 0) is 63.5 Å². The van der Waals surface area contributed by atoms with Gasteiger partial charge in [0.15, 0.2) is 0 Å². The summed E-state index contributed by atoms with van der Waals surface area (Å²) in [7, 11) is 0. The Morgan fingerprint density at radius 1 is 0.842 bits per heavy atom. The average Bonchev–Trinajstić information content (AvgIpc) is 2.86. The average molecular weight is 525 g/mol. The first-order valence-corrected chi connectivity index (χ1v) is 15.8. The van der Waals surface area contributed by atoms with E-state index >= 15 is 0 Å². The molecule has 0 radical (unpaired) electrons. The Bertz CT molecular complexity index is 803. The number of rotatable bonds is 20. The molecule has 0 heterocycles. The lowest BCUT2D eigenvalue weighted by molar-refractivity contribution is -0.142. The predicted octanol–water partition coefficient (Wildman–Crippen LogP) is 11.5. The first-order valence-electron chi connectivity index (χ1n) is 15.8. The van der Waals surface area contributed by atoms with Crippen LogP contribution in [0.15, 0.2) is 58.7 Å². The molecule has 0 spiro atoms. The molecule has 1 aliphatic carbocycles. The van der Waals surface area contributed by atoms with Crippen LogP contribution >= 0.6 is 0 Å². The van der Waals surface area contributed by atoms with Crippen LogP contribution < -0.4 is 0 Å². The van der Waals surface area contributed by atoms with Crippen molar-refractivity contribution in [2.45, 2.75) is 151 Å². The van der Waals surface area contributed by atoms with Crippen molar-refractivity contribution < 1.29 is 9.53 Å². The van der Waals surface area contributed by atoms with E-state index in [2.05, 4.69) is 71.9 Å². The van der Waals surface area contributed by atoms with E-state index in [4.69, 9.17) is 4.74 Å². The summed E-state index contributed by atoms with van der Waals surface area (Å²) in [5.74, 6) is -0.0720. The van der Waals surface area contributed by atoms with Crippen LogP contribution in [0.25, 0.3) is 0 Å². The molecule has 0 unspecified atom stereocenters. The summed E-state index contributed by atoms with van der Waals surface area (Å²) in [4.78, 5) is 12.0. The van der Waals surface area contributed by atoms with E-state index in [0.29, 0.717) is 13.0 Å². The number of hydrogen-bond donors (Lipinski definition) is 0. The predicted molar refractivity (Wildman–Crippen MR) is 167 cm³/mol. The monoisotopic (exact) mass is 524 g/mol. The molecule has 0 atom stereocenters. The molecule has 0 N–H and O–H groups in total. The maximum atomic E-state index is 12.0. The maximum Gasteiger partial charge on any atom is 0.306 e. The second kappa shape index (κ2) is 21.0. The Kier molecular flexibility index (Phi) is 18.9. The molecule has 1 rings (SSSR count). The van der Waals surface area contributed by atoms with Gasteiger partial charge in [0.1, 0.15) is 6.61 Å². The van der Waals surface area contributed by atoms with E-state index in [-0.39, 0.29) is 11.4 Å². The largest absolute Gasteiger partial charge is 0.461 e. The number of carbonyl (C=O) groups is 1. The van der Waals surface area contributed by atoms with Gasteiger partial charge >= 0.3 is 5.97 Å². The fourth-order valence-electron chi connectivity index (χ4n) is 5.33. The van der Waals surface area contributed by atoms with E-state index in [1.807, 2.05) is 6.08 Å². The summed E-state index contributed by atoms with van der Waals surface area (Å²) in [6.45, 7) is 13.8. The van der Waals surface area contributed by atoms with Gasteiger partial charge in [-0.3, -0.25) is 4.79 Å². The third-order valence-corrected chi connectivity index (χ3v) is 7.91. The zero-order valence-corrected chi connectivity index (χ0v) is 26.0. The Hall–Kier alpha value is -1.83. The van der Waals surface area contributed by atoms with Crippen LogP contribution in [0.4, 0.5) is 0 Å². The summed E-state index contributed by atoms with van der Waals surface area (Å²) in [5, 5.41) is 0. The summed E-state index contributed by atoms with van der Waals surface area (Å²) in [6.07, 6.45) is 34.3. The van der Waals surface area contributed by atoms with Gasteiger partial charge in [-0.2, -0.15) is 0 Å². The van der Waals surface area contributed by atoms with Crippen molar-refractivity contribution in [1.82, 2.24) is 0 Å². The number of ether oxygens (including phenoxy) is 1. The van der Waals surface area contributed by atoms with E-state index in [9.17, 15) is 4.79 Å². The Morgan fingerprint density at radius 2 is 1.42 bits per heavy atom. The Labute approximate surface area is 236 Å². The van der Waals surface area contributed by atoms with Crippen LogP contribution in [-0.4, -0.2) is 12.6 Å². The highest BCUT2D eigenvalue weighted by atomic mass is 16.5. The molecule has 0 fully saturated rings. The van der Waals surface area contributed by atoms with Gasteiger partial charge in [0, 0.05) is 6.42 Å². The van der Waals surface area contributed by atoms with Crippen LogP contribution in [0.1, 0.15) is 151 Å². The molecule has 2 nitrogen and oxygen atoms in total. The highest BCUT2D eigenvalue weighted by Crippen LogP contribution is 2.40. The third-order valence-electron chi connectivity index (χ3n) is 7.91. The smallest absolute Gasteiger partial charge is 0.306 e. The molecule has 0 aromatic rings. The number of carbonyl (C=O) groups excluding carboxylic acids is 1. The molecular formula is C36H60O2. The van der Waals surface area contributed by atoms with Crippen molar-refractivity contribution >= 4 is 5.97 Å². The molecule has 0 aromatic heterocycles. The van der Waals surface area contributed by atoms with Crippen LogP contribution in [0.5, 0.6) is 0 Å². The molecule has 0 bridgehead atoms. The summed E-state index contributed by atoms with van der Waals surface area (Å²) in [6, 6.07) is 0. The SMILES string of the molecule is CCCCCCCCCCCCCCCC(=O)OC\C=C(C)/C=C/C=C(C)/C=C/C1=C(C)CCCC1(C)C. The molecule has 216 valence electrons. The highest BCUT2D eigenvalue weighted by Gasteiger charge is 2.26. The minimum absolute atomic E-state index is 0.0720. The molecule has 0 saturated heterocycles. The fourth-order valence-corrected chi connectivity index (χ4v) is 5.33. The van der Waals surface area contributed by atoms with E-state index in [1.54, 1.807) is 0 Å². The van der Waals surface area contributed by atoms with E-state index in [0.717, 1.165) is 18.4 Å². The zero-order valence-electron chi connectivity index (χ0n) is 26.0. The number of esters is 1. The quantitative estimate of drug-likeness (QED) is 0.0899. The molecule has 0 aliphatic heterocycles. The van der Waals surface area contributed by atoms with Crippen LogP contribution in [0.2, 0.25) is 0 Å². The minimum atomic E-state index is -0.0720. The van der Waals surface area contributed by atoms with Crippen LogP contribution in [0, 0.1) is 5.41 Å². The summed E-state index contributed by atoms with van der Waals surface area (Å²) < 4.78 is 5.40. The first-order chi connectivity index (χ1) is 18.3. The highest BCUT2D eigenvalue weighted by molar-refractivity contribution is 5.69. The lowest BCUT2D eigenvalue weighted by Gasteiger charge is -2.32. The van der Waals surface area contributed by atoms with Crippen molar-refractivity contribution in [3.63, 3.8) is 0 Å². The van der Waals surface area contributed by atoms with Gasteiger partial charge < -0.3 is 4.74 Å². The maximum absolute atomic E-state index is 12.0. The van der Waals surface area contributed by atoms with Crippen molar-refractivity contribution in [3.05, 3.63) is 58.7 Å². The standard InChI is InChI=1S/C36H60O2/c1-7-8-9-10-11-12-13-14-15-16-17-18-19-25-35(37)38-30-28-32(3)23-20-22-31(2)26-27-34-33(4)24-21-29-36(34,5)6/h20,22-23,26-28H,7-19,21,24-25,29-30H2,1-6H3/b23-20+,27-26+,31-22+,32-28-. The van der Waals surface area contributed by atoms with E-state index in [1.165, 1.54) is 107 Å². The number of allylic oxidation sites excluding steroid dienone is 9. The second-order valence-corrected chi connectivity index (χ2v) is 12.2. The minimum Gasteiger partial charge on any atom is -0.461 e. The number of unbranched alkanes of at least 4 members (excludes halogenated alkanes) is 12. The topological polar surface area (TPSA) is 26.3 Å². The van der Waals surface area contributed by atoms with Crippen molar-refractivity contribution in [3.8, 4) is 0 Å². The van der Waals surface area contributed by atoms with Gasteiger partial charge in [-0.25, -0.2) is 0 Å². The third kappa shape index (κ3) is 16.9. The summed E-state index contributed by atoms with van der Waals surface area (Å²) in [5.41, 5.74) is 5.65. The molecule has 1 aliphatic rings. The first kappa shape index (κ1) is 34.2. The Balaban J connectivity index is 2.13. The van der Waals surface area contributed by atoms with Crippen molar-refractivity contribution in [2.24, 2.45) is 5.41 Å². The van der Waals surface area contributed by atoms with Gasteiger partial charge in [-0.1, -0.05) is 145 Å². The Morgan fingerprint density at radius 3 is 2.00 bits per heavy atom. The van der Waals surface area contributed by atoms with Gasteiger partial charge in [0.25, 0.3) is 0 Å². The van der Waals surface area contributed by atoms with Crippen LogP contribution in [-0.2, 0) is 9.53 Å². The summed E-state index contributed by atoms with van der Waals surface area (Å²) >= 11 is 0. The lowest BCUT2D eigenvalue weighted by Crippen LogP contribution is -2.19. The van der Waals surface area contributed by atoms with Crippen LogP contribution in [0.3, 0.4) is 0 Å². The zero-order chi connectivity index (χ0) is 28.1. The molecule has 2 heteroatoms. The normalized spacial score (nSPS) is 16.7. The molecule has 0 saturated carbocycles. The fraction of sp³-hybridized carbons (Fsp3) is 0.694. The number of hydrogen-bond acceptors (Lipinski definition) is 2. The molecule has 38 heavy (non-hydrogen) atoms. The molecule has 0 amide bonds. The van der Waals surface area contributed by atoms with Crippen molar-refractivity contribution in [2.75, 3.05) is 6.61 Å². The second-order valence-electron chi connectivity index (χ2n) is 12.2. The van der Waals surface area contributed by atoms with E-state index < -0.39 is 0 Å². The van der Waals surface area contributed by atoms with Gasteiger partial charge in [0.05, 0.1) is 0 Å².